The minimum atomic E-state index is -1.77. The number of fused-ring (bicyclic) bond motifs is 1. The summed E-state index contributed by atoms with van der Waals surface area (Å²) in [6, 6.07) is 5.37. The van der Waals surface area contributed by atoms with Crippen molar-refractivity contribution in [3.8, 4) is 0 Å². The minimum absolute atomic E-state index is 0.155. The van der Waals surface area contributed by atoms with Gasteiger partial charge < -0.3 is 10.0 Å². The molecule has 0 aromatic heterocycles. The maximum atomic E-state index is 12.5. The van der Waals surface area contributed by atoms with E-state index in [-0.39, 0.29) is 18.1 Å². The zero-order valence-electron chi connectivity index (χ0n) is 11.4. The maximum absolute atomic E-state index is 12.5. The second-order valence-corrected chi connectivity index (χ2v) is 7.24. The number of Topliss-reactive ketones (excluding diaryl/α,β-unsaturated/α-hetero) is 1. The molecule has 21 heavy (non-hydrogen) atoms. The number of rotatable bonds is 2. The van der Waals surface area contributed by atoms with Crippen LogP contribution < -0.4 is 0 Å². The Labute approximate surface area is 135 Å². The average molecular weight is 368 g/mol. The number of hydrogen-bond donors (Lipinski definition) is 1. The fourth-order valence-corrected chi connectivity index (χ4v) is 4.55. The SMILES string of the molecule is C=C1SC(C2(O)C(=O)Cc3ccc(Br)cc32)C(=O)N1CC. The molecule has 1 N–H and O–H groups in total. The van der Waals surface area contributed by atoms with Crippen LogP contribution in [0, 0.1) is 0 Å². The summed E-state index contributed by atoms with van der Waals surface area (Å²) in [7, 11) is 0. The molecular formula is C15H14BrNO3S. The van der Waals surface area contributed by atoms with Crippen molar-refractivity contribution in [2.75, 3.05) is 6.54 Å². The van der Waals surface area contributed by atoms with Crippen LogP contribution in [0.15, 0.2) is 34.3 Å². The summed E-state index contributed by atoms with van der Waals surface area (Å²) in [6.07, 6.45) is 0.155. The molecule has 0 spiro atoms. The van der Waals surface area contributed by atoms with E-state index in [1.165, 1.54) is 16.7 Å². The number of halogens is 1. The van der Waals surface area contributed by atoms with E-state index in [1.54, 1.807) is 6.07 Å². The second-order valence-electron chi connectivity index (χ2n) is 5.14. The van der Waals surface area contributed by atoms with Gasteiger partial charge in [-0.3, -0.25) is 9.59 Å². The number of aliphatic hydroxyl groups is 1. The summed E-state index contributed by atoms with van der Waals surface area (Å²) in [4.78, 5) is 26.4. The number of thioether (sulfide) groups is 1. The van der Waals surface area contributed by atoms with E-state index in [0.29, 0.717) is 17.1 Å². The second kappa shape index (κ2) is 4.97. The molecule has 0 bridgehead atoms. The molecule has 3 rings (SSSR count). The first-order valence-corrected chi connectivity index (χ1v) is 8.28. The Morgan fingerprint density at radius 3 is 2.86 bits per heavy atom. The van der Waals surface area contributed by atoms with Crippen molar-refractivity contribution in [1.82, 2.24) is 4.90 Å². The summed E-state index contributed by atoms with van der Waals surface area (Å²) in [6.45, 7) is 6.17. The number of nitrogens with zero attached hydrogens (tertiary/aromatic N) is 1. The van der Waals surface area contributed by atoms with Crippen LogP contribution in [-0.4, -0.2) is 33.5 Å². The van der Waals surface area contributed by atoms with Gasteiger partial charge in [0.15, 0.2) is 11.4 Å². The summed E-state index contributed by atoms with van der Waals surface area (Å²) < 4.78 is 0.774. The summed E-state index contributed by atoms with van der Waals surface area (Å²) in [5, 5.41) is 10.8. The Kier molecular flexibility index (Phi) is 3.50. The van der Waals surface area contributed by atoms with Crippen molar-refractivity contribution >= 4 is 39.4 Å². The van der Waals surface area contributed by atoms with E-state index in [9.17, 15) is 14.7 Å². The maximum Gasteiger partial charge on any atom is 0.244 e. The highest BCUT2D eigenvalue weighted by atomic mass is 79.9. The van der Waals surface area contributed by atoms with Crippen molar-refractivity contribution in [3.05, 3.63) is 45.4 Å². The molecule has 6 heteroatoms. The summed E-state index contributed by atoms with van der Waals surface area (Å²) in [5.41, 5.74) is -0.466. The Morgan fingerprint density at radius 2 is 2.24 bits per heavy atom. The molecule has 1 aliphatic heterocycles. The Morgan fingerprint density at radius 1 is 1.52 bits per heavy atom. The summed E-state index contributed by atoms with van der Waals surface area (Å²) >= 11 is 4.53. The fourth-order valence-electron chi connectivity index (χ4n) is 2.91. The molecule has 1 heterocycles. The highest BCUT2D eigenvalue weighted by Gasteiger charge is 2.57. The van der Waals surface area contributed by atoms with Gasteiger partial charge in [0.2, 0.25) is 5.91 Å². The number of hydrogen-bond acceptors (Lipinski definition) is 4. The van der Waals surface area contributed by atoms with Crippen molar-refractivity contribution in [2.24, 2.45) is 0 Å². The molecule has 0 radical (unpaired) electrons. The van der Waals surface area contributed by atoms with Crippen molar-refractivity contribution in [3.63, 3.8) is 0 Å². The topological polar surface area (TPSA) is 57.6 Å². The highest BCUT2D eigenvalue weighted by molar-refractivity contribution is 9.10. The van der Waals surface area contributed by atoms with Gasteiger partial charge in [0.1, 0.15) is 5.25 Å². The minimum Gasteiger partial charge on any atom is -0.376 e. The monoisotopic (exact) mass is 367 g/mol. The van der Waals surface area contributed by atoms with Gasteiger partial charge in [0, 0.05) is 17.4 Å². The molecular weight excluding hydrogens is 354 g/mol. The van der Waals surface area contributed by atoms with E-state index in [2.05, 4.69) is 22.5 Å². The van der Waals surface area contributed by atoms with Gasteiger partial charge in [-0.25, -0.2) is 0 Å². The molecule has 1 saturated heterocycles. The van der Waals surface area contributed by atoms with Gasteiger partial charge in [-0.2, -0.15) is 0 Å². The standard InChI is InChI=1S/C15H14BrNO3S/c1-3-17-8(2)21-13(14(17)19)15(20)11-7-10(16)5-4-9(11)6-12(15)18/h4-5,7,13,20H,2-3,6H2,1H3. The Bertz CT molecular complexity index is 675. The van der Waals surface area contributed by atoms with E-state index in [1.807, 2.05) is 19.1 Å². The lowest BCUT2D eigenvalue weighted by atomic mass is 9.90. The van der Waals surface area contributed by atoms with Crippen LogP contribution >= 0.6 is 27.7 Å². The predicted octanol–water partition coefficient (Wildman–Crippen LogP) is 2.20. The number of amides is 1. The van der Waals surface area contributed by atoms with Crippen molar-refractivity contribution in [2.45, 2.75) is 24.2 Å². The molecule has 0 saturated carbocycles. The molecule has 2 unspecified atom stereocenters. The first-order valence-electron chi connectivity index (χ1n) is 6.61. The zero-order valence-corrected chi connectivity index (χ0v) is 13.8. The smallest absolute Gasteiger partial charge is 0.244 e. The van der Waals surface area contributed by atoms with Crippen molar-refractivity contribution in [1.29, 1.82) is 0 Å². The average Bonchev–Trinajstić information content (AvgIpc) is 2.87. The van der Waals surface area contributed by atoms with Crippen LogP contribution in [0.2, 0.25) is 0 Å². The largest absolute Gasteiger partial charge is 0.376 e. The van der Waals surface area contributed by atoms with E-state index >= 15 is 0 Å². The van der Waals surface area contributed by atoms with E-state index in [4.69, 9.17) is 0 Å². The lowest BCUT2D eigenvalue weighted by Gasteiger charge is -2.27. The zero-order chi connectivity index (χ0) is 15.4. The van der Waals surface area contributed by atoms with Gasteiger partial charge in [-0.1, -0.05) is 40.3 Å². The molecule has 1 aromatic rings. The predicted molar refractivity (Wildman–Crippen MR) is 84.7 cm³/mol. The molecule has 110 valence electrons. The first kappa shape index (κ1) is 14.8. The summed E-state index contributed by atoms with van der Waals surface area (Å²) in [5.74, 6) is -0.580. The lowest BCUT2D eigenvalue weighted by Crippen LogP contribution is -2.47. The van der Waals surface area contributed by atoms with Gasteiger partial charge in [0.25, 0.3) is 0 Å². The number of carbonyl (C=O) groups is 2. The van der Waals surface area contributed by atoms with Gasteiger partial charge >= 0.3 is 0 Å². The third-order valence-corrected chi connectivity index (χ3v) is 5.76. The third kappa shape index (κ3) is 2.00. The molecule has 2 aliphatic rings. The van der Waals surface area contributed by atoms with Crippen LogP contribution in [0.25, 0.3) is 0 Å². The van der Waals surface area contributed by atoms with Crippen LogP contribution in [0.1, 0.15) is 18.1 Å². The Hall–Kier alpha value is -1.11. The molecule has 1 aromatic carbocycles. The van der Waals surface area contributed by atoms with Crippen LogP contribution in [0.3, 0.4) is 0 Å². The molecule has 4 nitrogen and oxygen atoms in total. The van der Waals surface area contributed by atoms with Gasteiger partial charge in [-0.05, 0) is 30.2 Å². The van der Waals surface area contributed by atoms with E-state index in [0.717, 1.165) is 10.0 Å². The molecule has 1 aliphatic carbocycles. The first-order chi connectivity index (χ1) is 9.89. The number of benzene rings is 1. The normalized spacial score (nSPS) is 28.4. The van der Waals surface area contributed by atoms with Gasteiger partial charge in [-0.15, -0.1) is 0 Å². The van der Waals surface area contributed by atoms with Gasteiger partial charge in [0.05, 0.1) is 5.03 Å². The molecule has 1 amide bonds. The lowest BCUT2D eigenvalue weighted by molar-refractivity contribution is -0.143. The van der Waals surface area contributed by atoms with Crippen molar-refractivity contribution < 1.29 is 14.7 Å². The fraction of sp³-hybridized carbons (Fsp3) is 0.333. The number of carbonyl (C=O) groups excluding carboxylic acids is 2. The Balaban J connectivity index is 2.10. The number of ketones is 1. The van der Waals surface area contributed by atoms with Crippen LogP contribution in [0.5, 0.6) is 0 Å². The third-order valence-electron chi connectivity index (χ3n) is 4.00. The quantitative estimate of drug-likeness (QED) is 0.870. The van der Waals surface area contributed by atoms with Crippen LogP contribution in [0.4, 0.5) is 0 Å². The van der Waals surface area contributed by atoms with E-state index < -0.39 is 10.9 Å². The molecule has 1 fully saturated rings. The van der Waals surface area contributed by atoms with Crippen LogP contribution in [-0.2, 0) is 21.6 Å². The highest BCUT2D eigenvalue weighted by Crippen LogP contribution is 2.48. The molecule has 2 atom stereocenters.